The minimum atomic E-state index is -8.10. The van der Waals surface area contributed by atoms with E-state index in [0.29, 0.717) is 26.2 Å². The van der Waals surface area contributed by atoms with Crippen LogP contribution in [0.1, 0.15) is 12.8 Å². The monoisotopic (exact) mass is 918 g/mol. The van der Waals surface area contributed by atoms with Gasteiger partial charge in [-0.2, -0.15) is 87.8 Å². The molecule has 0 saturated heterocycles. The Kier molecular flexibility index (Phi) is 15.4. The molecule has 332 valence electrons. The largest absolute Gasteiger partial charge is 0.455 e. The van der Waals surface area contributed by atoms with Crippen molar-refractivity contribution >= 4 is 16.6 Å². The van der Waals surface area contributed by atoms with Gasteiger partial charge in [0.25, 0.3) is 12.9 Å². The second kappa shape index (κ2) is 15.9. The molecule has 0 saturated carbocycles. The summed E-state index contributed by atoms with van der Waals surface area (Å²) in [5.41, 5.74) is 0. The molecule has 0 aromatic rings. The fraction of sp³-hybridized carbons (Fsp3) is 1.00. The molecule has 0 aromatic heterocycles. The fourth-order valence-corrected chi connectivity index (χ4v) is 13.0. The predicted molar refractivity (Wildman–Crippen MR) is 136 cm³/mol. The van der Waals surface area contributed by atoms with Crippen LogP contribution in [0.3, 0.4) is 0 Å². The lowest BCUT2D eigenvalue weighted by molar-refractivity contribution is -0.409. The van der Waals surface area contributed by atoms with Crippen molar-refractivity contribution in [3.8, 4) is 0 Å². The number of rotatable bonds is 22. The first kappa shape index (κ1) is 53.4. The van der Waals surface area contributed by atoms with E-state index in [1.165, 1.54) is 0 Å². The van der Waals surface area contributed by atoms with E-state index < -0.39 is 138 Å². The summed E-state index contributed by atoms with van der Waals surface area (Å²) in [7, 11) is -8.89. The molecule has 0 aliphatic rings. The number of hydrogen-bond donors (Lipinski definition) is 0. The minimum absolute atomic E-state index is 0.574. The summed E-state index contributed by atoms with van der Waals surface area (Å²) in [6.07, 6.45) is -37.1. The molecule has 0 spiro atoms. The van der Waals surface area contributed by atoms with Crippen molar-refractivity contribution < 1.29 is 127 Å². The van der Waals surface area contributed by atoms with E-state index in [4.69, 9.17) is 4.12 Å². The van der Waals surface area contributed by atoms with Gasteiger partial charge < -0.3 is 4.12 Å². The average Bonchev–Trinajstić information content (AvgIpc) is 2.99. The van der Waals surface area contributed by atoms with E-state index >= 15 is 0 Å². The van der Waals surface area contributed by atoms with Gasteiger partial charge in [-0.3, -0.25) is 0 Å². The van der Waals surface area contributed by atoms with Gasteiger partial charge in [-0.15, -0.1) is 0 Å². The van der Waals surface area contributed by atoms with Crippen LogP contribution in [0.15, 0.2) is 0 Å². The molecule has 55 heavy (non-hydrogen) atoms. The van der Waals surface area contributed by atoms with E-state index in [1.807, 2.05) is 0 Å². The summed E-state index contributed by atoms with van der Waals surface area (Å²) in [5, 5.41) is 0. The van der Waals surface area contributed by atoms with Crippen LogP contribution < -0.4 is 0 Å². The highest BCUT2D eigenvalue weighted by molar-refractivity contribution is 6.84. The Morgan fingerprint density at radius 2 is 0.582 bits per heavy atom. The number of halogens is 28. The molecule has 4 atom stereocenters. The van der Waals surface area contributed by atoms with Crippen molar-refractivity contribution in [1.29, 1.82) is 0 Å². The molecule has 0 radical (unpaired) electrons. The predicted octanol–water partition coefficient (Wildman–Crippen LogP) is 12.4. The molecular formula is C24H26F28OSi2. The van der Waals surface area contributed by atoms with Crippen LogP contribution in [0.2, 0.25) is 38.3 Å². The topological polar surface area (TPSA) is 9.23 Å². The van der Waals surface area contributed by atoms with Crippen LogP contribution in [0.5, 0.6) is 0 Å². The minimum Gasteiger partial charge on any atom is -0.455 e. The molecule has 0 bridgehead atoms. The highest BCUT2D eigenvalue weighted by atomic mass is 28.4. The Bertz CT molecular complexity index is 1170. The normalized spacial score (nSPS) is 18.2. The van der Waals surface area contributed by atoms with Crippen molar-refractivity contribution in [2.75, 3.05) is 0 Å². The fourth-order valence-electron chi connectivity index (χ4n) is 4.35. The van der Waals surface area contributed by atoms with E-state index in [1.54, 1.807) is 0 Å². The summed E-state index contributed by atoms with van der Waals surface area (Å²) < 4.78 is 387. The molecule has 0 unspecified atom stereocenters. The first-order valence-electron chi connectivity index (χ1n) is 14.3. The second-order valence-corrected chi connectivity index (χ2v) is 21.9. The van der Waals surface area contributed by atoms with Gasteiger partial charge in [0.2, 0.25) is 12.3 Å². The summed E-state index contributed by atoms with van der Waals surface area (Å²) in [6, 6.07) is -3.53. The Balaban J connectivity index is 6.24. The van der Waals surface area contributed by atoms with Crippen molar-refractivity contribution in [3.05, 3.63) is 0 Å². The summed E-state index contributed by atoms with van der Waals surface area (Å²) >= 11 is 0. The zero-order chi connectivity index (χ0) is 45.0. The van der Waals surface area contributed by atoms with Gasteiger partial charge in [-0.1, -0.05) is 0 Å². The molecule has 31 heteroatoms. The smallest absolute Gasteiger partial charge is 0.384 e. The molecule has 0 aliphatic carbocycles. The van der Waals surface area contributed by atoms with Gasteiger partial charge in [0.05, 0.1) is 0 Å². The molecule has 1 nitrogen and oxygen atoms in total. The number of alkyl halides is 28. The Morgan fingerprint density at radius 3 is 0.782 bits per heavy atom. The summed E-state index contributed by atoms with van der Waals surface area (Å²) in [4.78, 5) is 0. The lowest BCUT2D eigenvalue weighted by Gasteiger charge is -2.42. The van der Waals surface area contributed by atoms with Crippen LogP contribution in [0.25, 0.3) is 0 Å². The molecule has 0 aromatic carbocycles. The Hall–Kier alpha value is -1.57. The van der Waals surface area contributed by atoms with Crippen LogP contribution in [0, 0.1) is 0 Å². The molecule has 0 amide bonds. The van der Waals surface area contributed by atoms with E-state index in [0.717, 1.165) is 0 Å². The van der Waals surface area contributed by atoms with Gasteiger partial charge in [0.15, 0.2) is 29.0 Å². The van der Waals surface area contributed by atoms with Crippen LogP contribution >= 0.6 is 0 Å². The molecule has 0 N–H and O–H groups in total. The van der Waals surface area contributed by atoms with E-state index in [2.05, 4.69) is 0 Å². The third-order valence-corrected chi connectivity index (χ3v) is 15.0. The maximum Gasteiger partial charge on any atom is 0.384 e. The zero-order valence-corrected chi connectivity index (χ0v) is 29.3. The van der Waals surface area contributed by atoms with Crippen molar-refractivity contribution in [2.45, 2.75) is 148 Å². The van der Waals surface area contributed by atoms with Crippen molar-refractivity contribution in [2.24, 2.45) is 0 Å². The van der Waals surface area contributed by atoms with Crippen molar-refractivity contribution in [1.82, 2.24) is 0 Å². The SMILES string of the molecule is C[Si](C)(CCC(F)(F)C(F)(F)C(F)(F)C(F)(F)C(F)(F)[C@H](F)[C@H](F)C(F)F)O[Si](C)(C)CCC(F)(F)C(F)(F)C(F)(F)C(F)(F)C(F)(F)[C@@H](F)[C@H](F)C(F)F. The van der Waals surface area contributed by atoms with Gasteiger partial charge >= 0.3 is 59.2 Å². The third-order valence-electron chi connectivity index (χ3n) is 7.70. The Morgan fingerprint density at radius 1 is 0.364 bits per heavy atom. The lowest BCUT2D eigenvalue weighted by atomic mass is 9.90. The van der Waals surface area contributed by atoms with Crippen LogP contribution in [-0.2, 0) is 4.12 Å². The standard InChI is InChI=1S/C24H26F28OSi2/c1-54(2,7-5-15(33,34)19(41,42)23(49,50)21(45,46)17(37,38)11(27)9(25)13(29)30)53-55(3,4)8-6-16(35,36)20(43,44)24(51,52)22(47,48)18(39,40)12(28)10(26)14(31)32/h9-14H,5-8H2,1-4H3/t9-,10-,11-,12+/m0/s1. The third kappa shape index (κ3) is 9.51. The highest BCUT2D eigenvalue weighted by Gasteiger charge is 2.89. The highest BCUT2D eigenvalue weighted by Crippen LogP contribution is 2.61. The second-order valence-electron chi connectivity index (χ2n) is 13.1. The molecule has 0 rings (SSSR count). The molecule has 0 heterocycles. The maximum atomic E-state index is 14.4. The Labute approximate surface area is 292 Å². The quantitative estimate of drug-likeness (QED) is 0.0777. The van der Waals surface area contributed by atoms with Crippen LogP contribution in [0.4, 0.5) is 123 Å². The van der Waals surface area contributed by atoms with Crippen molar-refractivity contribution in [3.63, 3.8) is 0 Å². The average molecular weight is 919 g/mol. The maximum absolute atomic E-state index is 14.4. The first-order valence-corrected chi connectivity index (χ1v) is 20.5. The van der Waals surface area contributed by atoms with E-state index in [9.17, 15) is 123 Å². The first-order chi connectivity index (χ1) is 23.7. The van der Waals surface area contributed by atoms with E-state index in [-0.39, 0.29) is 0 Å². The van der Waals surface area contributed by atoms with Crippen LogP contribution in [-0.4, -0.2) is 113 Å². The molecular weight excluding hydrogens is 892 g/mol. The molecule has 0 fully saturated rings. The van der Waals surface area contributed by atoms with Gasteiger partial charge in [0, 0.05) is 12.8 Å². The molecule has 0 aliphatic heterocycles. The zero-order valence-electron chi connectivity index (χ0n) is 27.3. The summed E-state index contributed by atoms with van der Waals surface area (Å²) in [6.45, 7) is 2.30. The van der Waals surface area contributed by atoms with Gasteiger partial charge in [-0.05, 0) is 38.3 Å². The van der Waals surface area contributed by atoms with Gasteiger partial charge in [-0.25, -0.2) is 35.1 Å². The summed E-state index contributed by atoms with van der Waals surface area (Å²) in [5.74, 6) is -76.0. The lowest BCUT2D eigenvalue weighted by Crippen LogP contribution is -2.70. The number of hydrogen-bond acceptors (Lipinski definition) is 1. The van der Waals surface area contributed by atoms with Gasteiger partial charge in [0.1, 0.15) is 0 Å².